The summed E-state index contributed by atoms with van der Waals surface area (Å²) in [6, 6.07) is 20.8. The molecule has 3 rings (SSSR count). The van der Waals surface area contributed by atoms with Gasteiger partial charge in [0.1, 0.15) is 12.4 Å². The van der Waals surface area contributed by atoms with E-state index in [4.69, 9.17) is 16.2 Å². The van der Waals surface area contributed by atoms with Crippen molar-refractivity contribution in [2.45, 2.75) is 6.61 Å². The first-order valence-corrected chi connectivity index (χ1v) is 7.47. The number of nitrogens with two attached hydrogens (primary N) is 2. The molecule has 120 valence electrons. The topological polar surface area (TPSA) is 91.2 Å². The van der Waals surface area contributed by atoms with Crippen molar-refractivity contribution < 1.29 is 9.53 Å². The number of nitrogens with zero attached hydrogens (tertiary/aromatic N) is 1. The molecule has 5 heteroatoms. The van der Waals surface area contributed by atoms with E-state index >= 15 is 0 Å². The van der Waals surface area contributed by atoms with E-state index in [1.165, 1.54) is 0 Å². The lowest BCUT2D eigenvalue weighted by Crippen LogP contribution is -2.15. The lowest BCUT2D eigenvalue weighted by molar-refractivity contribution is 0.0996. The summed E-state index contributed by atoms with van der Waals surface area (Å²) in [5.41, 5.74) is 13.9. The molecule has 0 aliphatic carbocycles. The molecule has 3 aromatic rings. The van der Waals surface area contributed by atoms with Crippen LogP contribution in [0.1, 0.15) is 16.1 Å². The highest BCUT2D eigenvalue weighted by molar-refractivity contribution is 5.96. The third-order valence-electron chi connectivity index (χ3n) is 3.56. The molecule has 1 amide bonds. The number of aromatic nitrogens is 1. The molecule has 0 atom stereocenters. The second-order valence-corrected chi connectivity index (χ2v) is 5.30. The Morgan fingerprint density at radius 2 is 1.67 bits per heavy atom. The summed E-state index contributed by atoms with van der Waals surface area (Å²) in [4.78, 5) is 15.6. The van der Waals surface area contributed by atoms with Crippen LogP contribution in [0.15, 0.2) is 66.7 Å². The summed E-state index contributed by atoms with van der Waals surface area (Å²) < 4.78 is 5.75. The largest absolute Gasteiger partial charge is 0.489 e. The average Bonchev–Trinajstić information content (AvgIpc) is 2.61. The van der Waals surface area contributed by atoms with E-state index in [1.807, 2.05) is 54.6 Å². The van der Waals surface area contributed by atoms with Gasteiger partial charge in [-0.2, -0.15) is 0 Å². The minimum atomic E-state index is -0.642. The molecule has 1 heterocycles. The molecule has 1 aromatic heterocycles. The van der Waals surface area contributed by atoms with Crippen molar-refractivity contribution in [2.75, 3.05) is 5.73 Å². The number of amides is 1. The summed E-state index contributed by atoms with van der Waals surface area (Å²) >= 11 is 0. The molecule has 0 aliphatic rings. The van der Waals surface area contributed by atoms with Gasteiger partial charge in [-0.25, -0.2) is 4.98 Å². The fourth-order valence-electron chi connectivity index (χ4n) is 2.29. The maximum Gasteiger partial charge on any atom is 0.269 e. The fourth-order valence-corrected chi connectivity index (χ4v) is 2.29. The number of carbonyl (C=O) groups excluding carboxylic acids is 1. The predicted molar refractivity (Wildman–Crippen MR) is 93.4 cm³/mol. The van der Waals surface area contributed by atoms with Crippen molar-refractivity contribution >= 4 is 11.6 Å². The molecule has 5 nitrogen and oxygen atoms in total. The standard InChI is InChI=1S/C19H17N3O2/c20-16-10-11-17(22-18(16)19(21)23)14-6-8-15(9-7-14)24-12-13-4-2-1-3-5-13/h1-11H,12,20H2,(H2,21,23). The number of carbonyl (C=O) groups is 1. The fraction of sp³-hybridized carbons (Fsp3) is 0.0526. The molecule has 0 bridgehead atoms. The Morgan fingerprint density at radius 3 is 2.33 bits per heavy atom. The minimum Gasteiger partial charge on any atom is -0.489 e. The molecule has 2 aromatic carbocycles. The number of ether oxygens (including phenoxy) is 1. The molecule has 0 spiro atoms. The summed E-state index contributed by atoms with van der Waals surface area (Å²) in [7, 11) is 0. The number of anilines is 1. The third-order valence-corrected chi connectivity index (χ3v) is 3.56. The van der Waals surface area contributed by atoms with Crippen LogP contribution < -0.4 is 16.2 Å². The van der Waals surface area contributed by atoms with Crippen molar-refractivity contribution in [3.8, 4) is 17.0 Å². The van der Waals surface area contributed by atoms with Crippen molar-refractivity contribution in [3.63, 3.8) is 0 Å². The van der Waals surface area contributed by atoms with Gasteiger partial charge in [-0.05, 0) is 42.0 Å². The zero-order valence-corrected chi connectivity index (χ0v) is 13.0. The summed E-state index contributed by atoms with van der Waals surface area (Å²) in [5, 5.41) is 0. The summed E-state index contributed by atoms with van der Waals surface area (Å²) in [5.74, 6) is 0.116. The third kappa shape index (κ3) is 3.52. The highest BCUT2D eigenvalue weighted by atomic mass is 16.5. The number of hydrogen-bond donors (Lipinski definition) is 2. The van der Waals surface area contributed by atoms with Crippen LogP contribution in [-0.4, -0.2) is 10.9 Å². The lowest BCUT2D eigenvalue weighted by atomic mass is 10.1. The Bertz CT molecular complexity index is 846. The minimum absolute atomic E-state index is 0.0805. The van der Waals surface area contributed by atoms with Crippen LogP contribution in [0.25, 0.3) is 11.3 Å². The van der Waals surface area contributed by atoms with Gasteiger partial charge in [0.15, 0.2) is 5.69 Å². The Kier molecular flexibility index (Phi) is 4.43. The molecule has 4 N–H and O–H groups in total. The number of benzene rings is 2. The molecular weight excluding hydrogens is 302 g/mol. The van der Waals surface area contributed by atoms with Gasteiger partial charge < -0.3 is 16.2 Å². The second kappa shape index (κ2) is 6.83. The monoisotopic (exact) mass is 319 g/mol. The van der Waals surface area contributed by atoms with Gasteiger partial charge in [0, 0.05) is 5.56 Å². The van der Waals surface area contributed by atoms with E-state index in [0.29, 0.717) is 12.3 Å². The number of nitrogen functional groups attached to an aromatic ring is 1. The van der Waals surface area contributed by atoms with Crippen molar-refractivity contribution in [1.29, 1.82) is 0 Å². The Morgan fingerprint density at radius 1 is 0.958 bits per heavy atom. The average molecular weight is 319 g/mol. The summed E-state index contributed by atoms with van der Waals surface area (Å²) in [6.45, 7) is 0.506. The normalized spacial score (nSPS) is 10.3. The van der Waals surface area contributed by atoms with E-state index < -0.39 is 5.91 Å². The Labute approximate surface area is 139 Å². The number of hydrogen-bond acceptors (Lipinski definition) is 4. The maximum atomic E-state index is 11.3. The zero-order chi connectivity index (χ0) is 16.9. The van der Waals surface area contributed by atoms with Crippen LogP contribution in [0.3, 0.4) is 0 Å². The van der Waals surface area contributed by atoms with Gasteiger partial charge in [-0.1, -0.05) is 30.3 Å². The maximum absolute atomic E-state index is 11.3. The molecule has 0 radical (unpaired) electrons. The molecule has 24 heavy (non-hydrogen) atoms. The smallest absolute Gasteiger partial charge is 0.269 e. The van der Waals surface area contributed by atoms with E-state index in [0.717, 1.165) is 16.9 Å². The van der Waals surface area contributed by atoms with E-state index in [2.05, 4.69) is 4.98 Å². The van der Waals surface area contributed by atoms with Gasteiger partial charge in [-0.3, -0.25) is 4.79 Å². The van der Waals surface area contributed by atoms with Crippen LogP contribution >= 0.6 is 0 Å². The summed E-state index contributed by atoms with van der Waals surface area (Å²) in [6.07, 6.45) is 0. The molecule has 0 fully saturated rings. The quantitative estimate of drug-likeness (QED) is 0.756. The number of primary amides is 1. The van der Waals surface area contributed by atoms with Gasteiger partial charge in [0.25, 0.3) is 5.91 Å². The molecule has 0 unspecified atom stereocenters. The van der Waals surface area contributed by atoms with Crippen molar-refractivity contribution in [3.05, 3.63) is 78.0 Å². The van der Waals surface area contributed by atoms with Crippen LogP contribution in [0, 0.1) is 0 Å². The lowest BCUT2D eigenvalue weighted by Gasteiger charge is -2.08. The van der Waals surface area contributed by atoms with Crippen LogP contribution in [-0.2, 0) is 6.61 Å². The molecule has 0 saturated heterocycles. The van der Waals surface area contributed by atoms with Gasteiger partial charge in [0.05, 0.1) is 11.4 Å². The van der Waals surface area contributed by atoms with Crippen LogP contribution in [0.4, 0.5) is 5.69 Å². The van der Waals surface area contributed by atoms with Crippen LogP contribution in [0.2, 0.25) is 0 Å². The van der Waals surface area contributed by atoms with E-state index in [-0.39, 0.29) is 11.4 Å². The van der Waals surface area contributed by atoms with E-state index in [9.17, 15) is 4.79 Å². The van der Waals surface area contributed by atoms with Gasteiger partial charge >= 0.3 is 0 Å². The Hall–Kier alpha value is -3.34. The van der Waals surface area contributed by atoms with Crippen molar-refractivity contribution in [2.24, 2.45) is 5.73 Å². The Balaban J connectivity index is 1.75. The highest BCUT2D eigenvalue weighted by Gasteiger charge is 2.10. The molecular formula is C19H17N3O2. The first-order valence-electron chi connectivity index (χ1n) is 7.47. The van der Waals surface area contributed by atoms with Crippen LogP contribution in [0.5, 0.6) is 5.75 Å². The predicted octanol–water partition coefficient (Wildman–Crippen LogP) is 3.01. The second-order valence-electron chi connectivity index (χ2n) is 5.30. The van der Waals surface area contributed by atoms with Gasteiger partial charge in [-0.15, -0.1) is 0 Å². The highest BCUT2D eigenvalue weighted by Crippen LogP contribution is 2.23. The van der Waals surface area contributed by atoms with E-state index in [1.54, 1.807) is 12.1 Å². The van der Waals surface area contributed by atoms with Gasteiger partial charge in [0.2, 0.25) is 0 Å². The SMILES string of the molecule is NC(=O)c1nc(-c2ccc(OCc3ccccc3)cc2)ccc1N. The van der Waals surface area contributed by atoms with Crippen molar-refractivity contribution in [1.82, 2.24) is 4.98 Å². The zero-order valence-electron chi connectivity index (χ0n) is 13.0. The molecule has 0 saturated carbocycles. The first-order chi connectivity index (χ1) is 11.6. The first kappa shape index (κ1) is 15.6. The number of rotatable bonds is 5. The molecule has 0 aliphatic heterocycles. The number of pyridine rings is 1.